The second-order valence-electron chi connectivity index (χ2n) is 8.10. The van der Waals surface area contributed by atoms with Crippen LogP contribution in [0.5, 0.6) is 5.75 Å². The number of fused-ring (bicyclic) bond motifs is 1. The fourth-order valence-corrected chi connectivity index (χ4v) is 4.62. The van der Waals surface area contributed by atoms with E-state index in [1.54, 1.807) is 12.5 Å². The number of Topliss-reactive ketones (excluding diaryl/α,β-unsaturated/α-hetero) is 1. The summed E-state index contributed by atoms with van der Waals surface area (Å²) in [4.78, 5) is 16.8. The molecule has 3 aromatic carbocycles. The SMILES string of the molecule is O=C1CCC(c2cccc(Cl)c2)c2cc(O[C@H](Cn3ccnc3)c3ccccc3)ccc21. The zero-order chi connectivity index (χ0) is 21.9. The lowest BCUT2D eigenvalue weighted by molar-refractivity contribution is 0.0969. The van der Waals surface area contributed by atoms with E-state index in [0.717, 1.165) is 34.4 Å². The maximum atomic E-state index is 12.6. The molecule has 2 atom stereocenters. The molecule has 0 aliphatic heterocycles. The van der Waals surface area contributed by atoms with Crippen LogP contribution in [-0.4, -0.2) is 15.3 Å². The van der Waals surface area contributed by atoms with Crippen LogP contribution in [0.2, 0.25) is 5.02 Å². The first-order chi connectivity index (χ1) is 15.7. The van der Waals surface area contributed by atoms with Crippen molar-refractivity contribution >= 4 is 17.4 Å². The van der Waals surface area contributed by atoms with E-state index in [4.69, 9.17) is 16.3 Å². The summed E-state index contributed by atoms with van der Waals surface area (Å²) in [5.41, 5.74) is 4.00. The van der Waals surface area contributed by atoms with Crippen molar-refractivity contribution in [3.8, 4) is 5.75 Å². The van der Waals surface area contributed by atoms with Gasteiger partial charge in [0.15, 0.2) is 5.78 Å². The minimum Gasteiger partial charge on any atom is -0.484 e. The van der Waals surface area contributed by atoms with Crippen LogP contribution in [0.4, 0.5) is 0 Å². The normalized spacial score (nSPS) is 16.4. The number of halogens is 1. The maximum Gasteiger partial charge on any atom is 0.163 e. The fourth-order valence-electron chi connectivity index (χ4n) is 4.42. The van der Waals surface area contributed by atoms with Crippen molar-refractivity contribution in [3.05, 3.63) is 119 Å². The Morgan fingerprint density at radius 2 is 1.94 bits per heavy atom. The summed E-state index contributed by atoms with van der Waals surface area (Å²) >= 11 is 6.26. The minimum absolute atomic E-state index is 0.119. The molecular weight excluding hydrogens is 420 g/mol. The predicted molar refractivity (Wildman–Crippen MR) is 125 cm³/mol. The highest BCUT2D eigenvalue weighted by molar-refractivity contribution is 6.30. The average Bonchev–Trinajstić information content (AvgIpc) is 3.33. The number of carbonyl (C=O) groups excluding carboxylic acids is 1. The van der Waals surface area contributed by atoms with Crippen LogP contribution >= 0.6 is 11.6 Å². The van der Waals surface area contributed by atoms with E-state index in [9.17, 15) is 4.79 Å². The summed E-state index contributed by atoms with van der Waals surface area (Å²) in [7, 11) is 0. The number of ketones is 1. The monoisotopic (exact) mass is 442 g/mol. The summed E-state index contributed by atoms with van der Waals surface area (Å²) in [5, 5.41) is 0.706. The van der Waals surface area contributed by atoms with Crippen molar-refractivity contribution in [1.29, 1.82) is 0 Å². The molecule has 160 valence electrons. The molecule has 0 spiro atoms. The number of hydrogen-bond acceptors (Lipinski definition) is 3. The Bertz CT molecular complexity index is 1220. The van der Waals surface area contributed by atoms with Gasteiger partial charge in [0.1, 0.15) is 11.9 Å². The lowest BCUT2D eigenvalue weighted by Crippen LogP contribution is -2.18. The molecule has 0 radical (unpaired) electrons. The quantitative estimate of drug-likeness (QED) is 0.344. The summed E-state index contributed by atoms with van der Waals surface area (Å²) in [6.07, 6.45) is 6.61. The molecular formula is C27H23ClN2O2. The molecule has 1 aliphatic carbocycles. The van der Waals surface area contributed by atoms with Gasteiger partial charge in [0.05, 0.1) is 12.9 Å². The molecule has 5 heteroatoms. The lowest BCUT2D eigenvalue weighted by Gasteiger charge is -2.27. The molecule has 1 unspecified atom stereocenters. The van der Waals surface area contributed by atoms with E-state index in [2.05, 4.69) is 23.2 Å². The Morgan fingerprint density at radius 3 is 2.72 bits per heavy atom. The third-order valence-electron chi connectivity index (χ3n) is 6.00. The van der Waals surface area contributed by atoms with Crippen LogP contribution in [-0.2, 0) is 6.54 Å². The van der Waals surface area contributed by atoms with Crippen molar-refractivity contribution < 1.29 is 9.53 Å². The second kappa shape index (κ2) is 9.01. The highest BCUT2D eigenvalue weighted by Crippen LogP contribution is 2.39. The highest BCUT2D eigenvalue weighted by Gasteiger charge is 2.28. The van der Waals surface area contributed by atoms with Crippen LogP contribution in [0.1, 0.15) is 51.9 Å². The summed E-state index contributed by atoms with van der Waals surface area (Å²) in [5.74, 6) is 1.05. The van der Waals surface area contributed by atoms with Gasteiger partial charge in [0.25, 0.3) is 0 Å². The van der Waals surface area contributed by atoms with Crippen molar-refractivity contribution in [2.24, 2.45) is 0 Å². The Balaban J connectivity index is 1.49. The van der Waals surface area contributed by atoms with Gasteiger partial charge in [-0.25, -0.2) is 4.98 Å². The summed E-state index contributed by atoms with van der Waals surface area (Å²) < 4.78 is 8.51. The topological polar surface area (TPSA) is 44.1 Å². The van der Waals surface area contributed by atoms with Gasteiger partial charge in [-0.05, 0) is 53.4 Å². The smallest absolute Gasteiger partial charge is 0.163 e. The molecule has 0 saturated carbocycles. The number of benzene rings is 3. The summed E-state index contributed by atoms with van der Waals surface area (Å²) in [6.45, 7) is 0.637. The molecule has 5 rings (SSSR count). The second-order valence-corrected chi connectivity index (χ2v) is 8.53. The molecule has 0 N–H and O–H groups in total. The molecule has 1 heterocycles. The van der Waals surface area contributed by atoms with Gasteiger partial charge >= 0.3 is 0 Å². The zero-order valence-corrected chi connectivity index (χ0v) is 18.3. The van der Waals surface area contributed by atoms with Gasteiger partial charge < -0.3 is 9.30 Å². The molecule has 0 saturated heterocycles. The molecule has 1 aliphatic rings. The number of rotatable bonds is 6. The van der Waals surface area contributed by atoms with Crippen LogP contribution < -0.4 is 4.74 Å². The van der Waals surface area contributed by atoms with Crippen molar-refractivity contribution in [1.82, 2.24) is 9.55 Å². The third-order valence-corrected chi connectivity index (χ3v) is 6.23. The van der Waals surface area contributed by atoms with Crippen LogP contribution in [0, 0.1) is 0 Å². The Kier molecular flexibility index (Phi) is 5.78. The summed E-state index contributed by atoms with van der Waals surface area (Å²) in [6, 6.07) is 23.9. The van der Waals surface area contributed by atoms with Crippen LogP contribution in [0.15, 0.2) is 91.5 Å². The van der Waals surface area contributed by atoms with E-state index < -0.39 is 0 Å². The van der Waals surface area contributed by atoms with Gasteiger partial charge in [-0.15, -0.1) is 0 Å². The molecule has 1 aromatic heterocycles. The van der Waals surface area contributed by atoms with E-state index in [0.29, 0.717) is 18.0 Å². The highest BCUT2D eigenvalue weighted by atomic mass is 35.5. The first-order valence-corrected chi connectivity index (χ1v) is 11.1. The maximum absolute atomic E-state index is 12.6. The van der Waals surface area contributed by atoms with Gasteiger partial charge in [-0.2, -0.15) is 0 Å². The van der Waals surface area contributed by atoms with Gasteiger partial charge in [0.2, 0.25) is 0 Å². The Labute approximate surface area is 192 Å². The molecule has 4 nitrogen and oxygen atoms in total. The fraction of sp³-hybridized carbons (Fsp3) is 0.185. The standard InChI is InChI=1S/C27H23ClN2O2/c28-21-8-4-7-20(15-21)23-11-12-26(31)24-10-9-22(16-25(23)24)32-27(17-30-14-13-29-18-30)19-5-2-1-3-6-19/h1-10,13-16,18,23,27H,11-12,17H2/t23?,27-/m1/s1. The first kappa shape index (κ1) is 20.5. The van der Waals surface area contributed by atoms with Crippen molar-refractivity contribution in [3.63, 3.8) is 0 Å². The minimum atomic E-state index is -0.188. The average molecular weight is 443 g/mol. The molecule has 4 aromatic rings. The number of aromatic nitrogens is 2. The predicted octanol–water partition coefficient (Wildman–Crippen LogP) is 6.47. The number of nitrogens with zero attached hydrogens (tertiary/aromatic N) is 2. The van der Waals surface area contributed by atoms with E-state index in [-0.39, 0.29) is 17.8 Å². The lowest BCUT2D eigenvalue weighted by atomic mass is 9.78. The van der Waals surface area contributed by atoms with Crippen molar-refractivity contribution in [2.75, 3.05) is 0 Å². The number of hydrogen-bond donors (Lipinski definition) is 0. The zero-order valence-electron chi connectivity index (χ0n) is 17.5. The van der Waals surface area contributed by atoms with Crippen LogP contribution in [0.25, 0.3) is 0 Å². The Hall–Kier alpha value is -3.37. The largest absolute Gasteiger partial charge is 0.484 e. The van der Waals surface area contributed by atoms with Gasteiger partial charge in [-0.1, -0.05) is 54.1 Å². The number of ether oxygens (including phenoxy) is 1. The Morgan fingerprint density at radius 1 is 1.06 bits per heavy atom. The molecule has 32 heavy (non-hydrogen) atoms. The van der Waals surface area contributed by atoms with Crippen LogP contribution in [0.3, 0.4) is 0 Å². The number of imidazole rings is 1. The number of carbonyl (C=O) groups is 1. The van der Waals surface area contributed by atoms with Crippen molar-refractivity contribution in [2.45, 2.75) is 31.4 Å². The van der Waals surface area contributed by atoms with E-state index in [1.165, 1.54) is 0 Å². The van der Waals surface area contributed by atoms with Gasteiger partial charge in [-0.3, -0.25) is 4.79 Å². The first-order valence-electron chi connectivity index (χ1n) is 10.8. The van der Waals surface area contributed by atoms with E-state index >= 15 is 0 Å². The molecule has 0 bridgehead atoms. The molecule has 0 amide bonds. The molecule has 0 fully saturated rings. The third kappa shape index (κ3) is 4.32. The van der Waals surface area contributed by atoms with E-state index in [1.807, 2.05) is 65.4 Å². The van der Waals surface area contributed by atoms with Gasteiger partial charge in [0, 0.05) is 35.3 Å².